The number of aromatic nitrogens is 1. The Morgan fingerprint density at radius 1 is 1.44 bits per heavy atom. The molecular formula is C13H21N3. The van der Waals surface area contributed by atoms with Gasteiger partial charge >= 0.3 is 0 Å². The molecule has 0 aliphatic heterocycles. The highest BCUT2D eigenvalue weighted by atomic mass is 15.0. The minimum atomic E-state index is 0.772. The van der Waals surface area contributed by atoms with Crippen LogP contribution < -0.4 is 11.1 Å². The monoisotopic (exact) mass is 219 g/mol. The van der Waals surface area contributed by atoms with Crippen molar-refractivity contribution in [3.63, 3.8) is 0 Å². The van der Waals surface area contributed by atoms with Crippen molar-refractivity contribution in [1.29, 1.82) is 0 Å². The first-order valence-electron chi connectivity index (χ1n) is 6.21. The van der Waals surface area contributed by atoms with E-state index in [1.54, 1.807) is 6.20 Å². The molecule has 1 aliphatic rings. The maximum Gasteiger partial charge on any atom is 0.127 e. The summed E-state index contributed by atoms with van der Waals surface area (Å²) in [4.78, 5) is 4.26. The van der Waals surface area contributed by atoms with Crippen LogP contribution in [-0.2, 0) is 0 Å². The van der Waals surface area contributed by atoms with Gasteiger partial charge in [0.2, 0.25) is 0 Å². The molecular weight excluding hydrogens is 198 g/mol. The third kappa shape index (κ3) is 2.87. The topological polar surface area (TPSA) is 50.9 Å². The van der Waals surface area contributed by atoms with E-state index in [0.29, 0.717) is 0 Å². The number of hydrogen-bond donors (Lipinski definition) is 2. The number of nitrogen functional groups attached to an aromatic ring is 1. The molecule has 1 fully saturated rings. The number of nitrogens with one attached hydrogen (secondary N) is 1. The average Bonchev–Trinajstić information content (AvgIpc) is 2.28. The van der Waals surface area contributed by atoms with Crippen LogP contribution in [0.5, 0.6) is 0 Å². The number of hydrogen-bond acceptors (Lipinski definition) is 3. The molecule has 0 saturated heterocycles. The highest BCUT2D eigenvalue weighted by Gasteiger charge is 2.20. The Morgan fingerprint density at radius 3 is 3.00 bits per heavy atom. The molecule has 1 aromatic rings. The maximum atomic E-state index is 5.71. The zero-order chi connectivity index (χ0) is 11.4. The summed E-state index contributed by atoms with van der Waals surface area (Å²) in [5, 5.41) is 3.39. The molecule has 0 spiro atoms. The van der Waals surface area contributed by atoms with Gasteiger partial charge < -0.3 is 11.1 Å². The predicted octanol–water partition coefficient (Wildman–Crippen LogP) is 2.90. The lowest BCUT2D eigenvalue weighted by atomic mass is 9.80. The summed E-state index contributed by atoms with van der Waals surface area (Å²) in [7, 11) is 0. The summed E-state index contributed by atoms with van der Waals surface area (Å²) in [6.07, 6.45) is 7.24. The molecule has 0 radical (unpaired) electrons. The summed E-state index contributed by atoms with van der Waals surface area (Å²) >= 11 is 0. The fraction of sp³-hybridized carbons (Fsp3) is 0.615. The lowest BCUT2D eigenvalue weighted by Gasteiger charge is -2.28. The summed E-state index contributed by atoms with van der Waals surface area (Å²) < 4.78 is 0. The van der Waals surface area contributed by atoms with Crippen molar-refractivity contribution in [2.45, 2.75) is 32.6 Å². The van der Waals surface area contributed by atoms with Crippen LogP contribution in [0.4, 0.5) is 11.5 Å². The van der Waals surface area contributed by atoms with Gasteiger partial charge in [-0.3, -0.25) is 0 Å². The van der Waals surface area contributed by atoms with Crippen molar-refractivity contribution in [1.82, 2.24) is 4.98 Å². The molecule has 88 valence electrons. The predicted molar refractivity (Wildman–Crippen MR) is 68.3 cm³/mol. The largest absolute Gasteiger partial charge is 0.399 e. The first kappa shape index (κ1) is 11.2. The van der Waals surface area contributed by atoms with E-state index < -0.39 is 0 Å². The molecule has 3 N–H and O–H groups in total. The average molecular weight is 219 g/mol. The lowest BCUT2D eigenvalue weighted by Crippen LogP contribution is -2.24. The second kappa shape index (κ2) is 5.19. The molecule has 1 aromatic heterocycles. The molecule has 1 aliphatic carbocycles. The van der Waals surface area contributed by atoms with Crippen LogP contribution in [0.3, 0.4) is 0 Å². The highest BCUT2D eigenvalue weighted by Crippen LogP contribution is 2.29. The van der Waals surface area contributed by atoms with Gasteiger partial charge in [-0.1, -0.05) is 26.2 Å². The van der Waals surface area contributed by atoms with Gasteiger partial charge in [0, 0.05) is 24.5 Å². The van der Waals surface area contributed by atoms with Crippen LogP contribution in [0.2, 0.25) is 0 Å². The molecule has 1 heterocycles. The fourth-order valence-electron chi connectivity index (χ4n) is 2.48. The van der Waals surface area contributed by atoms with Crippen molar-refractivity contribution in [2.75, 3.05) is 17.6 Å². The van der Waals surface area contributed by atoms with Crippen molar-refractivity contribution in [3.8, 4) is 0 Å². The van der Waals surface area contributed by atoms with Gasteiger partial charge in [0.05, 0.1) is 0 Å². The van der Waals surface area contributed by atoms with E-state index >= 15 is 0 Å². The van der Waals surface area contributed by atoms with Crippen LogP contribution in [-0.4, -0.2) is 11.5 Å². The van der Waals surface area contributed by atoms with E-state index in [0.717, 1.165) is 29.9 Å². The smallest absolute Gasteiger partial charge is 0.127 e. The Morgan fingerprint density at radius 2 is 2.25 bits per heavy atom. The summed E-state index contributed by atoms with van der Waals surface area (Å²) in [5.74, 6) is 2.53. The van der Waals surface area contributed by atoms with Crippen LogP contribution in [0.1, 0.15) is 32.6 Å². The Kier molecular flexibility index (Phi) is 3.65. The van der Waals surface area contributed by atoms with Crippen LogP contribution >= 0.6 is 0 Å². The number of anilines is 2. The van der Waals surface area contributed by atoms with Gasteiger partial charge in [-0.25, -0.2) is 4.98 Å². The first-order chi connectivity index (χ1) is 7.75. The van der Waals surface area contributed by atoms with E-state index in [2.05, 4.69) is 17.2 Å². The Balaban J connectivity index is 1.86. The van der Waals surface area contributed by atoms with Gasteiger partial charge in [-0.05, 0) is 24.3 Å². The minimum Gasteiger partial charge on any atom is -0.399 e. The highest BCUT2D eigenvalue weighted by molar-refractivity contribution is 5.48. The molecule has 2 unspecified atom stereocenters. The second-order valence-corrected chi connectivity index (χ2v) is 4.88. The molecule has 16 heavy (non-hydrogen) atoms. The molecule has 1 saturated carbocycles. The quantitative estimate of drug-likeness (QED) is 0.821. The standard InChI is InChI=1S/C13H21N3/c1-10-4-2-3-5-11(10)9-16-13-8-12(14)6-7-15-13/h6-8,10-11H,2-5,9H2,1H3,(H3,14,15,16). The zero-order valence-electron chi connectivity index (χ0n) is 9.95. The van der Waals surface area contributed by atoms with E-state index in [-0.39, 0.29) is 0 Å². The number of rotatable bonds is 3. The Hall–Kier alpha value is -1.25. The van der Waals surface area contributed by atoms with E-state index in [4.69, 9.17) is 5.73 Å². The van der Waals surface area contributed by atoms with Gasteiger partial charge in [0.25, 0.3) is 0 Å². The third-order valence-corrected chi connectivity index (χ3v) is 3.62. The van der Waals surface area contributed by atoms with Crippen molar-refractivity contribution < 1.29 is 0 Å². The van der Waals surface area contributed by atoms with Gasteiger partial charge in [-0.2, -0.15) is 0 Å². The summed E-state index contributed by atoms with van der Waals surface area (Å²) in [6, 6.07) is 3.71. The van der Waals surface area contributed by atoms with E-state index in [1.165, 1.54) is 25.7 Å². The number of nitrogens with zero attached hydrogens (tertiary/aromatic N) is 1. The van der Waals surface area contributed by atoms with Crippen LogP contribution in [0, 0.1) is 11.8 Å². The molecule has 0 amide bonds. The molecule has 0 aromatic carbocycles. The summed E-state index contributed by atoms with van der Waals surface area (Å²) in [6.45, 7) is 3.38. The molecule has 2 atom stereocenters. The van der Waals surface area contributed by atoms with Crippen LogP contribution in [0.15, 0.2) is 18.3 Å². The van der Waals surface area contributed by atoms with Crippen LogP contribution in [0.25, 0.3) is 0 Å². The number of pyridine rings is 1. The molecule has 3 heteroatoms. The third-order valence-electron chi connectivity index (χ3n) is 3.62. The summed E-state index contributed by atoms with van der Waals surface area (Å²) in [5.41, 5.74) is 6.49. The van der Waals surface area contributed by atoms with Crippen molar-refractivity contribution in [3.05, 3.63) is 18.3 Å². The SMILES string of the molecule is CC1CCCCC1CNc1cc(N)ccn1. The second-order valence-electron chi connectivity index (χ2n) is 4.88. The molecule has 3 nitrogen and oxygen atoms in total. The van der Waals surface area contributed by atoms with Crippen molar-refractivity contribution in [2.24, 2.45) is 11.8 Å². The van der Waals surface area contributed by atoms with Gasteiger partial charge in [0.1, 0.15) is 5.82 Å². The normalized spacial score (nSPS) is 25.3. The molecule has 2 rings (SSSR count). The zero-order valence-corrected chi connectivity index (χ0v) is 9.95. The van der Waals surface area contributed by atoms with Gasteiger partial charge in [-0.15, -0.1) is 0 Å². The molecule has 0 bridgehead atoms. The van der Waals surface area contributed by atoms with Gasteiger partial charge in [0.15, 0.2) is 0 Å². The Labute approximate surface area is 97.5 Å². The Bertz CT molecular complexity index is 338. The lowest BCUT2D eigenvalue weighted by molar-refractivity contribution is 0.268. The number of nitrogens with two attached hydrogens (primary N) is 1. The minimum absolute atomic E-state index is 0.772. The first-order valence-corrected chi connectivity index (χ1v) is 6.21. The van der Waals surface area contributed by atoms with Crippen molar-refractivity contribution >= 4 is 11.5 Å². The fourth-order valence-corrected chi connectivity index (χ4v) is 2.48. The van der Waals surface area contributed by atoms with E-state index in [9.17, 15) is 0 Å². The van der Waals surface area contributed by atoms with E-state index in [1.807, 2.05) is 12.1 Å². The maximum absolute atomic E-state index is 5.71.